The number of H-pyrrole nitrogens is 1. The van der Waals surface area contributed by atoms with E-state index in [-0.39, 0.29) is 0 Å². The number of fused-ring (bicyclic) bond motifs is 3. The molecule has 164 valence electrons. The van der Waals surface area contributed by atoms with Crippen molar-refractivity contribution < 1.29 is 0 Å². The first-order chi connectivity index (χ1) is 15.8. The first kappa shape index (κ1) is 18.6. The predicted octanol–water partition coefficient (Wildman–Crippen LogP) is 4.14. The molecule has 3 fully saturated rings. The number of hydrogen-bond donors (Lipinski definition) is 2. The third-order valence-electron chi connectivity index (χ3n) is 7.95. The average Bonchev–Trinajstić information content (AvgIpc) is 3.61. The number of anilines is 1. The van der Waals surface area contributed by atoms with Crippen LogP contribution in [0, 0.1) is 11.8 Å². The Bertz CT molecular complexity index is 1270. The number of aromatic nitrogens is 5. The summed E-state index contributed by atoms with van der Waals surface area (Å²) in [4.78, 5) is 20.0. The summed E-state index contributed by atoms with van der Waals surface area (Å²) >= 11 is 0. The van der Waals surface area contributed by atoms with Crippen LogP contribution in [0.15, 0.2) is 36.9 Å². The summed E-state index contributed by atoms with van der Waals surface area (Å²) in [5, 5.41) is 3.53. The standard InChI is InChI=1S/C25H29N7/c1-2-4-19(5-3-1)32-15-29-21-8-16(6-7-22(21)32)20-9-23(30-25-24(20)27-14-28-25)31-12-17-10-26-11-18(17)13-31/h6-9,14-15,17-19,26H,1-5,10-13H2,(H,27,28,30). The lowest BCUT2D eigenvalue weighted by atomic mass is 9.95. The molecule has 1 aliphatic carbocycles. The molecule has 4 aromatic rings. The monoisotopic (exact) mass is 427 g/mol. The zero-order valence-electron chi connectivity index (χ0n) is 18.3. The van der Waals surface area contributed by atoms with Gasteiger partial charge in [-0.25, -0.2) is 15.0 Å². The molecule has 2 unspecified atom stereocenters. The van der Waals surface area contributed by atoms with Gasteiger partial charge in [-0.15, -0.1) is 0 Å². The highest BCUT2D eigenvalue weighted by Gasteiger charge is 2.36. The van der Waals surface area contributed by atoms with E-state index in [4.69, 9.17) is 9.97 Å². The van der Waals surface area contributed by atoms with Crippen molar-refractivity contribution in [3.8, 4) is 11.1 Å². The Morgan fingerprint density at radius 2 is 1.78 bits per heavy atom. The first-order valence-electron chi connectivity index (χ1n) is 12.1. The fourth-order valence-corrected chi connectivity index (χ4v) is 6.19. The molecule has 7 heteroatoms. The number of nitrogens with one attached hydrogen (secondary N) is 2. The zero-order valence-corrected chi connectivity index (χ0v) is 18.3. The lowest BCUT2D eigenvalue weighted by molar-refractivity contribution is 0.359. The van der Waals surface area contributed by atoms with E-state index in [1.165, 1.54) is 43.2 Å². The Hall–Kier alpha value is -2.93. The van der Waals surface area contributed by atoms with Crippen molar-refractivity contribution in [3.05, 3.63) is 36.9 Å². The summed E-state index contributed by atoms with van der Waals surface area (Å²) in [6.45, 7) is 4.40. The van der Waals surface area contributed by atoms with E-state index in [2.05, 4.69) is 49.0 Å². The summed E-state index contributed by atoms with van der Waals surface area (Å²) < 4.78 is 2.40. The van der Waals surface area contributed by atoms with Crippen LogP contribution in [0.25, 0.3) is 33.3 Å². The predicted molar refractivity (Wildman–Crippen MR) is 127 cm³/mol. The number of hydrogen-bond acceptors (Lipinski definition) is 5. The van der Waals surface area contributed by atoms with Crippen LogP contribution in [0.2, 0.25) is 0 Å². The van der Waals surface area contributed by atoms with Crippen LogP contribution in [0.4, 0.5) is 5.82 Å². The molecule has 2 aliphatic heterocycles. The Morgan fingerprint density at radius 3 is 2.62 bits per heavy atom. The summed E-state index contributed by atoms with van der Waals surface area (Å²) in [7, 11) is 0. The minimum Gasteiger partial charge on any atom is -0.356 e. The van der Waals surface area contributed by atoms with Crippen molar-refractivity contribution in [2.45, 2.75) is 38.1 Å². The molecule has 3 aromatic heterocycles. The van der Waals surface area contributed by atoms with Crippen LogP contribution in [0.1, 0.15) is 38.1 Å². The molecule has 0 spiro atoms. The van der Waals surface area contributed by atoms with Crippen LogP contribution >= 0.6 is 0 Å². The molecule has 32 heavy (non-hydrogen) atoms. The smallest absolute Gasteiger partial charge is 0.180 e. The highest BCUT2D eigenvalue weighted by molar-refractivity contribution is 5.94. The molecule has 2 atom stereocenters. The van der Waals surface area contributed by atoms with Gasteiger partial charge in [0, 0.05) is 37.8 Å². The normalized spacial score (nSPS) is 24.1. The van der Waals surface area contributed by atoms with Gasteiger partial charge in [-0.3, -0.25) is 0 Å². The fourth-order valence-electron chi connectivity index (χ4n) is 6.19. The van der Waals surface area contributed by atoms with Gasteiger partial charge in [0.25, 0.3) is 0 Å². The number of pyridine rings is 1. The van der Waals surface area contributed by atoms with Gasteiger partial charge in [0.15, 0.2) is 5.65 Å². The second-order valence-electron chi connectivity index (χ2n) is 9.86. The quantitative estimate of drug-likeness (QED) is 0.514. The van der Waals surface area contributed by atoms with Crippen LogP contribution in [0.3, 0.4) is 0 Å². The third kappa shape index (κ3) is 2.94. The Balaban J connectivity index is 1.28. The lowest BCUT2D eigenvalue weighted by Gasteiger charge is -2.23. The van der Waals surface area contributed by atoms with Gasteiger partial charge < -0.3 is 19.8 Å². The SMILES string of the molecule is c1nc2nc(N3CC4CNCC4C3)cc(-c3ccc4c(c3)ncn4C3CCCCC3)c2[nH]1. The largest absolute Gasteiger partial charge is 0.356 e. The molecule has 7 nitrogen and oxygen atoms in total. The molecule has 0 amide bonds. The topological polar surface area (TPSA) is 74.7 Å². The van der Waals surface area contributed by atoms with Gasteiger partial charge in [0.2, 0.25) is 0 Å². The van der Waals surface area contributed by atoms with Crippen molar-refractivity contribution in [1.29, 1.82) is 0 Å². The average molecular weight is 428 g/mol. The van der Waals surface area contributed by atoms with Crippen LogP contribution in [-0.4, -0.2) is 50.7 Å². The van der Waals surface area contributed by atoms with Crippen LogP contribution in [-0.2, 0) is 0 Å². The van der Waals surface area contributed by atoms with Gasteiger partial charge in [-0.05, 0) is 48.4 Å². The van der Waals surface area contributed by atoms with E-state index >= 15 is 0 Å². The second-order valence-corrected chi connectivity index (χ2v) is 9.86. The zero-order chi connectivity index (χ0) is 21.1. The first-order valence-corrected chi connectivity index (χ1v) is 12.1. The molecule has 2 saturated heterocycles. The number of imidazole rings is 2. The van der Waals surface area contributed by atoms with Crippen LogP contribution in [0.5, 0.6) is 0 Å². The summed E-state index contributed by atoms with van der Waals surface area (Å²) in [6, 6.07) is 9.56. The molecule has 2 N–H and O–H groups in total. The number of nitrogens with zero attached hydrogens (tertiary/aromatic N) is 5. The molecule has 1 aromatic carbocycles. The second kappa shape index (κ2) is 7.30. The van der Waals surface area contributed by atoms with E-state index in [1.807, 2.05) is 6.33 Å². The summed E-state index contributed by atoms with van der Waals surface area (Å²) in [6.07, 6.45) is 10.4. The molecule has 3 aliphatic rings. The molecule has 0 radical (unpaired) electrons. The Labute approximate surface area is 187 Å². The minimum atomic E-state index is 0.593. The number of aromatic amines is 1. The number of rotatable bonds is 3. The minimum absolute atomic E-state index is 0.593. The highest BCUT2D eigenvalue weighted by Crippen LogP contribution is 2.36. The van der Waals surface area contributed by atoms with Crippen LogP contribution < -0.4 is 10.2 Å². The Morgan fingerprint density at radius 1 is 0.938 bits per heavy atom. The maximum atomic E-state index is 4.90. The van der Waals surface area contributed by atoms with Gasteiger partial charge >= 0.3 is 0 Å². The van der Waals surface area contributed by atoms with Gasteiger partial charge in [-0.1, -0.05) is 25.3 Å². The van der Waals surface area contributed by atoms with Crippen molar-refractivity contribution in [3.63, 3.8) is 0 Å². The highest BCUT2D eigenvalue weighted by atomic mass is 15.2. The van der Waals surface area contributed by atoms with E-state index in [9.17, 15) is 0 Å². The maximum Gasteiger partial charge on any atom is 0.180 e. The van der Waals surface area contributed by atoms with Gasteiger partial charge in [0.05, 0.1) is 29.2 Å². The fraction of sp³-hybridized carbons (Fsp3) is 0.480. The van der Waals surface area contributed by atoms with Crippen molar-refractivity contribution in [1.82, 2.24) is 29.8 Å². The molecular weight excluding hydrogens is 398 g/mol. The van der Waals surface area contributed by atoms with Gasteiger partial charge in [0.1, 0.15) is 5.82 Å². The third-order valence-corrected chi connectivity index (χ3v) is 7.95. The van der Waals surface area contributed by atoms with Crippen molar-refractivity contribution in [2.75, 3.05) is 31.1 Å². The van der Waals surface area contributed by atoms with E-state index < -0.39 is 0 Å². The van der Waals surface area contributed by atoms with Gasteiger partial charge in [-0.2, -0.15) is 0 Å². The molecule has 1 saturated carbocycles. The molecular formula is C25H29N7. The number of benzene rings is 1. The van der Waals surface area contributed by atoms with E-state index in [0.29, 0.717) is 6.04 Å². The summed E-state index contributed by atoms with van der Waals surface area (Å²) in [5.74, 6) is 2.51. The van der Waals surface area contributed by atoms with Crippen molar-refractivity contribution >= 4 is 28.0 Å². The summed E-state index contributed by atoms with van der Waals surface area (Å²) in [5.41, 5.74) is 6.44. The van der Waals surface area contributed by atoms with Crippen molar-refractivity contribution in [2.24, 2.45) is 11.8 Å². The Kier molecular flexibility index (Phi) is 4.25. The maximum absolute atomic E-state index is 4.90. The lowest BCUT2D eigenvalue weighted by Crippen LogP contribution is -2.26. The molecule has 7 rings (SSSR count). The molecule has 5 heterocycles. The van der Waals surface area contributed by atoms with E-state index in [1.54, 1.807) is 6.33 Å². The van der Waals surface area contributed by atoms with E-state index in [0.717, 1.165) is 66.1 Å². The molecule has 0 bridgehead atoms.